The second-order valence-electron chi connectivity index (χ2n) is 4.78. The van der Waals surface area contributed by atoms with Crippen molar-refractivity contribution in [2.24, 2.45) is 0 Å². The summed E-state index contributed by atoms with van der Waals surface area (Å²) in [6.07, 6.45) is 4.45. The maximum atomic E-state index is 10.8. The smallest absolute Gasteiger partial charge is 0.270 e. The lowest BCUT2D eigenvalue weighted by atomic mass is 10.2. The van der Waals surface area contributed by atoms with Gasteiger partial charge in [0.15, 0.2) is 11.7 Å². The Morgan fingerprint density at radius 2 is 2.24 bits per heavy atom. The number of benzene rings is 1. The van der Waals surface area contributed by atoms with Crippen LogP contribution in [0.1, 0.15) is 25.7 Å². The minimum Gasteiger partial charge on any atom is -0.441 e. The Bertz CT molecular complexity index is 595. The van der Waals surface area contributed by atoms with Crippen LogP contribution in [0.5, 0.6) is 0 Å². The highest BCUT2D eigenvalue weighted by Gasteiger charge is 2.10. The summed E-state index contributed by atoms with van der Waals surface area (Å²) >= 11 is 0. The zero-order chi connectivity index (χ0) is 15.1. The molecule has 0 aliphatic carbocycles. The molecule has 0 unspecified atom stereocenters. The minimum atomic E-state index is -0.416. The van der Waals surface area contributed by atoms with Crippen LogP contribution < -0.4 is 5.32 Å². The Morgan fingerprint density at radius 3 is 3.00 bits per heavy atom. The number of nitro benzene ring substituents is 1. The van der Waals surface area contributed by atoms with E-state index in [0.29, 0.717) is 17.2 Å². The van der Waals surface area contributed by atoms with Crippen LogP contribution in [-0.2, 0) is 6.42 Å². The van der Waals surface area contributed by atoms with Gasteiger partial charge in [-0.25, -0.2) is 4.98 Å². The molecule has 0 saturated carbocycles. The first kappa shape index (κ1) is 15.2. The molecular weight excluding hydrogens is 270 g/mol. The quantitative estimate of drug-likeness (QED) is 0.458. The molecular formula is C15H19N3O3. The Morgan fingerprint density at radius 1 is 1.38 bits per heavy atom. The average molecular weight is 289 g/mol. The summed E-state index contributed by atoms with van der Waals surface area (Å²) in [5, 5.41) is 14.1. The summed E-state index contributed by atoms with van der Waals surface area (Å²) < 4.78 is 5.65. The van der Waals surface area contributed by atoms with Crippen molar-refractivity contribution in [3.05, 3.63) is 46.5 Å². The Balaban J connectivity index is 1.96. The highest BCUT2D eigenvalue weighted by Crippen LogP contribution is 2.24. The van der Waals surface area contributed by atoms with Gasteiger partial charge in [-0.1, -0.05) is 19.1 Å². The van der Waals surface area contributed by atoms with E-state index in [1.807, 2.05) is 0 Å². The molecule has 0 spiro atoms. The lowest BCUT2D eigenvalue weighted by Gasteiger charge is -2.00. The molecule has 0 saturated heterocycles. The SMILES string of the molecule is CCCNCCCc1ncc(-c2cccc([N+](=O)[O-])c2)o1. The molecule has 0 fully saturated rings. The molecule has 0 radical (unpaired) electrons. The van der Waals surface area contributed by atoms with Gasteiger partial charge in [0.05, 0.1) is 11.1 Å². The number of oxazole rings is 1. The van der Waals surface area contributed by atoms with Crippen molar-refractivity contribution in [2.45, 2.75) is 26.2 Å². The number of non-ortho nitro benzene ring substituents is 1. The van der Waals surface area contributed by atoms with E-state index in [2.05, 4.69) is 17.2 Å². The molecule has 0 aliphatic heterocycles. The molecule has 1 heterocycles. The third kappa shape index (κ3) is 4.39. The van der Waals surface area contributed by atoms with Crippen LogP contribution in [-0.4, -0.2) is 23.0 Å². The Kier molecular flexibility index (Phi) is 5.45. The highest BCUT2D eigenvalue weighted by molar-refractivity contribution is 5.60. The van der Waals surface area contributed by atoms with Gasteiger partial charge < -0.3 is 9.73 Å². The number of nitrogens with one attached hydrogen (secondary N) is 1. The van der Waals surface area contributed by atoms with Crippen LogP contribution in [0, 0.1) is 10.1 Å². The number of aryl methyl sites for hydroxylation is 1. The van der Waals surface area contributed by atoms with Crippen molar-refractivity contribution in [1.29, 1.82) is 0 Å². The van der Waals surface area contributed by atoms with Crippen molar-refractivity contribution in [3.8, 4) is 11.3 Å². The molecule has 2 rings (SSSR count). The molecule has 0 bridgehead atoms. The lowest BCUT2D eigenvalue weighted by molar-refractivity contribution is -0.384. The van der Waals surface area contributed by atoms with Crippen LogP contribution in [0.25, 0.3) is 11.3 Å². The van der Waals surface area contributed by atoms with Gasteiger partial charge >= 0.3 is 0 Å². The maximum Gasteiger partial charge on any atom is 0.270 e. The van der Waals surface area contributed by atoms with Crippen LogP contribution in [0.4, 0.5) is 5.69 Å². The third-order valence-corrected chi connectivity index (χ3v) is 3.07. The van der Waals surface area contributed by atoms with E-state index in [0.717, 1.165) is 32.4 Å². The van der Waals surface area contributed by atoms with Crippen LogP contribution in [0.3, 0.4) is 0 Å². The van der Waals surface area contributed by atoms with E-state index in [1.165, 1.54) is 12.1 Å². The number of nitro groups is 1. The number of hydrogen-bond donors (Lipinski definition) is 1. The predicted octanol–water partition coefficient (Wildman–Crippen LogP) is 3.18. The first-order valence-corrected chi connectivity index (χ1v) is 7.11. The summed E-state index contributed by atoms with van der Waals surface area (Å²) in [6, 6.07) is 6.37. The third-order valence-electron chi connectivity index (χ3n) is 3.07. The van der Waals surface area contributed by atoms with E-state index >= 15 is 0 Å². The fourth-order valence-corrected chi connectivity index (χ4v) is 2.00. The Labute approximate surface area is 123 Å². The largest absolute Gasteiger partial charge is 0.441 e. The first-order valence-electron chi connectivity index (χ1n) is 7.11. The number of hydrogen-bond acceptors (Lipinski definition) is 5. The predicted molar refractivity (Wildman–Crippen MR) is 80.1 cm³/mol. The van der Waals surface area contributed by atoms with Crippen molar-refractivity contribution in [2.75, 3.05) is 13.1 Å². The molecule has 6 nitrogen and oxygen atoms in total. The van der Waals surface area contributed by atoms with Gasteiger partial charge in [-0.15, -0.1) is 0 Å². The molecule has 1 aromatic carbocycles. The lowest BCUT2D eigenvalue weighted by Crippen LogP contribution is -2.16. The van der Waals surface area contributed by atoms with E-state index < -0.39 is 4.92 Å². The zero-order valence-corrected chi connectivity index (χ0v) is 12.0. The molecule has 112 valence electrons. The minimum absolute atomic E-state index is 0.0502. The van der Waals surface area contributed by atoms with Gasteiger partial charge in [0.25, 0.3) is 5.69 Å². The fourth-order valence-electron chi connectivity index (χ4n) is 2.00. The molecule has 21 heavy (non-hydrogen) atoms. The number of aromatic nitrogens is 1. The van der Waals surface area contributed by atoms with E-state index in [4.69, 9.17) is 4.42 Å². The summed E-state index contributed by atoms with van der Waals surface area (Å²) in [4.78, 5) is 14.6. The molecule has 0 aliphatic rings. The highest BCUT2D eigenvalue weighted by atomic mass is 16.6. The summed E-state index contributed by atoms with van der Waals surface area (Å²) in [6.45, 7) is 4.08. The van der Waals surface area contributed by atoms with Gasteiger partial charge in [-0.2, -0.15) is 0 Å². The van der Waals surface area contributed by atoms with Crippen molar-refractivity contribution in [1.82, 2.24) is 10.3 Å². The number of rotatable bonds is 8. The second kappa shape index (κ2) is 7.54. The molecule has 1 N–H and O–H groups in total. The normalized spacial score (nSPS) is 10.7. The second-order valence-corrected chi connectivity index (χ2v) is 4.78. The van der Waals surface area contributed by atoms with Gasteiger partial charge in [-0.3, -0.25) is 10.1 Å². The van der Waals surface area contributed by atoms with Crippen molar-refractivity contribution >= 4 is 5.69 Å². The standard InChI is InChI=1S/C15H19N3O3/c1-2-8-16-9-4-7-15-17-11-14(21-15)12-5-3-6-13(10-12)18(19)20/h3,5-6,10-11,16H,2,4,7-9H2,1H3. The molecule has 0 atom stereocenters. The summed E-state index contributed by atoms with van der Waals surface area (Å²) in [5.41, 5.74) is 0.723. The Hall–Kier alpha value is -2.21. The number of nitrogens with zero attached hydrogens (tertiary/aromatic N) is 2. The van der Waals surface area contributed by atoms with E-state index in [1.54, 1.807) is 18.3 Å². The molecule has 2 aromatic rings. The van der Waals surface area contributed by atoms with Gasteiger partial charge in [0.2, 0.25) is 0 Å². The zero-order valence-electron chi connectivity index (χ0n) is 12.0. The van der Waals surface area contributed by atoms with E-state index in [-0.39, 0.29) is 5.69 Å². The van der Waals surface area contributed by atoms with Crippen LogP contribution in [0.2, 0.25) is 0 Å². The molecule has 6 heteroatoms. The monoisotopic (exact) mass is 289 g/mol. The van der Waals surface area contributed by atoms with Crippen LogP contribution in [0.15, 0.2) is 34.9 Å². The van der Waals surface area contributed by atoms with Gasteiger partial charge in [0, 0.05) is 24.1 Å². The van der Waals surface area contributed by atoms with Crippen LogP contribution >= 0.6 is 0 Å². The van der Waals surface area contributed by atoms with Crippen molar-refractivity contribution < 1.29 is 9.34 Å². The first-order chi connectivity index (χ1) is 10.2. The summed E-state index contributed by atoms with van der Waals surface area (Å²) in [7, 11) is 0. The van der Waals surface area contributed by atoms with Crippen molar-refractivity contribution in [3.63, 3.8) is 0 Å². The summed E-state index contributed by atoms with van der Waals surface area (Å²) in [5.74, 6) is 1.23. The van der Waals surface area contributed by atoms with E-state index in [9.17, 15) is 10.1 Å². The van der Waals surface area contributed by atoms with Gasteiger partial charge in [-0.05, 0) is 25.9 Å². The molecule has 0 amide bonds. The average Bonchev–Trinajstić information content (AvgIpc) is 2.96. The fraction of sp³-hybridized carbons (Fsp3) is 0.400. The topological polar surface area (TPSA) is 81.2 Å². The maximum absolute atomic E-state index is 10.8. The van der Waals surface area contributed by atoms with Gasteiger partial charge in [0.1, 0.15) is 0 Å². The molecule has 1 aromatic heterocycles.